The van der Waals surface area contributed by atoms with E-state index in [-0.39, 0.29) is 17.4 Å². The minimum atomic E-state index is -1.64. The van der Waals surface area contributed by atoms with Gasteiger partial charge in [0.05, 0.1) is 43.9 Å². The number of methoxy groups -OCH3 is 1. The van der Waals surface area contributed by atoms with Crippen molar-refractivity contribution in [1.82, 2.24) is 0 Å². The first-order chi connectivity index (χ1) is 19.6. The SMILES string of the molecule is C=C[C@@H]1[C@@H](O[C@H]2O[C@@H](CO)[C@H](O)[C@H](O)[C@@H]2O)OC=C(C(=O)OC)[C@H]1C[C@@H]1C[C@H](O)C[C@@H](CCc2ccc(O)cc2)O1. The van der Waals surface area contributed by atoms with Gasteiger partial charge in [-0.3, -0.25) is 0 Å². The summed E-state index contributed by atoms with van der Waals surface area (Å²) >= 11 is 0. The number of ether oxygens (including phenoxy) is 5. The lowest BCUT2D eigenvalue weighted by Crippen LogP contribution is -2.60. The standard InChI is InChI=1S/C29H40O12/c1-3-20-21(12-19-11-17(32)10-18(39-19)9-6-15-4-7-16(31)8-5-15)22(27(36)37-2)14-38-28(20)41-29-26(35)25(34)24(33)23(13-30)40-29/h3-5,7-8,14,17-21,23-26,28-35H,1,6,9-13H2,2H3/t17-,18-,19+,20+,21+,23+,24+,25+,26+,28-,29-/m1/s1. The van der Waals surface area contributed by atoms with E-state index in [4.69, 9.17) is 23.7 Å². The van der Waals surface area contributed by atoms with Gasteiger partial charge in [-0.1, -0.05) is 18.2 Å². The molecule has 1 aromatic rings. The fourth-order valence-electron chi connectivity index (χ4n) is 5.72. The molecular weight excluding hydrogens is 540 g/mol. The smallest absolute Gasteiger partial charge is 0.337 e. The fourth-order valence-corrected chi connectivity index (χ4v) is 5.72. The number of phenols is 1. The number of carbonyl (C=O) groups is 1. The average Bonchev–Trinajstić information content (AvgIpc) is 2.96. The highest BCUT2D eigenvalue weighted by atomic mass is 16.8. The molecule has 3 aliphatic rings. The summed E-state index contributed by atoms with van der Waals surface area (Å²) in [7, 11) is 1.25. The first kappa shape index (κ1) is 31.4. The highest BCUT2D eigenvalue weighted by molar-refractivity contribution is 5.89. The molecule has 0 radical (unpaired) electrons. The van der Waals surface area contributed by atoms with Crippen molar-refractivity contribution in [3.8, 4) is 5.75 Å². The summed E-state index contributed by atoms with van der Waals surface area (Å²) in [6.45, 7) is 3.27. The monoisotopic (exact) mass is 580 g/mol. The zero-order valence-electron chi connectivity index (χ0n) is 22.9. The zero-order valence-corrected chi connectivity index (χ0v) is 22.9. The van der Waals surface area contributed by atoms with Crippen LogP contribution in [0.25, 0.3) is 0 Å². The minimum absolute atomic E-state index is 0.190. The summed E-state index contributed by atoms with van der Waals surface area (Å²) in [6, 6.07) is 6.93. The molecule has 11 atom stereocenters. The molecule has 2 fully saturated rings. The predicted octanol–water partition coefficient (Wildman–Crippen LogP) is 0.272. The Morgan fingerprint density at radius 1 is 1.02 bits per heavy atom. The van der Waals surface area contributed by atoms with Gasteiger partial charge in [0, 0.05) is 11.8 Å². The van der Waals surface area contributed by atoms with Gasteiger partial charge in [0.2, 0.25) is 6.29 Å². The van der Waals surface area contributed by atoms with Gasteiger partial charge in [-0.25, -0.2) is 4.79 Å². The van der Waals surface area contributed by atoms with Gasteiger partial charge >= 0.3 is 5.97 Å². The van der Waals surface area contributed by atoms with Crippen molar-refractivity contribution < 1.29 is 59.1 Å². The molecule has 0 bridgehead atoms. The molecule has 2 saturated heterocycles. The molecule has 12 nitrogen and oxygen atoms in total. The number of aliphatic hydroxyl groups excluding tert-OH is 5. The molecule has 3 aliphatic heterocycles. The third kappa shape index (κ3) is 7.46. The van der Waals surface area contributed by atoms with Crippen LogP contribution in [0.4, 0.5) is 0 Å². The van der Waals surface area contributed by atoms with E-state index in [0.29, 0.717) is 32.1 Å². The highest BCUT2D eigenvalue weighted by Crippen LogP contribution is 2.40. The molecule has 0 aromatic heterocycles. The number of benzene rings is 1. The summed E-state index contributed by atoms with van der Waals surface area (Å²) in [5, 5.41) is 60.4. The Labute approximate surface area is 238 Å². The number of aromatic hydroxyl groups is 1. The van der Waals surface area contributed by atoms with Gasteiger partial charge in [0.15, 0.2) is 6.29 Å². The second-order valence-electron chi connectivity index (χ2n) is 10.8. The van der Waals surface area contributed by atoms with Crippen molar-refractivity contribution in [2.75, 3.05) is 13.7 Å². The van der Waals surface area contributed by atoms with E-state index in [1.54, 1.807) is 12.1 Å². The quantitative estimate of drug-likeness (QED) is 0.164. The van der Waals surface area contributed by atoms with Crippen molar-refractivity contribution in [3.63, 3.8) is 0 Å². The van der Waals surface area contributed by atoms with Crippen LogP contribution in [0.2, 0.25) is 0 Å². The Hall–Kier alpha value is -2.55. The van der Waals surface area contributed by atoms with E-state index >= 15 is 0 Å². The second kappa shape index (κ2) is 14.1. The maximum atomic E-state index is 12.7. The number of carbonyl (C=O) groups excluding carboxylic acids is 1. The van der Waals surface area contributed by atoms with Gasteiger partial charge in [0.1, 0.15) is 30.2 Å². The number of esters is 1. The van der Waals surface area contributed by atoms with E-state index in [1.165, 1.54) is 19.4 Å². The van der Waals surface area contributed by atoms with Crippen LogP contribution in [-0.2, 0) is 34.9 Å². The van der Waals surface area contributed by atoms with Crippen molar-refractivity contribution in [2.45, 2.75) is 87.4 Å². The lowest BCUT2D eigenvalue weighted by Gasteiger charge is -2.43. The summed E-state index contributed by atoms with van der Waals surface area (Å²) < 4.78 is 28.4. The van der Waals surface area contributed by atoms with Crippen LogP contribution in [0, 0.1) is 11.8 Å². The summed E-state index contributed by atoms with van der Waals surface area (Å²) in [5.41, 5.74) is 1.25. The number of phenolic OH excluding ortho intramolecular Hbond substituents is 1. The van der Waals surface area contributed by atoms with Crippen LogP contribution in [0.5, 0.6) is 5.75 Å². The minimum Gasteiger partial charge on any atom is -0.508 e. The summed E-state index contributed by atoms with van der Waals surface area (Å²) in [5.74, 6) is -1.67. The number of hydrogen-bond acceptors (Lipinski definition) is 12. The summed E-state index contributed by atoms with van der Waals surface area (Å²) in [4.78, 5) is 12.7. The van der Waals surface area contributed by atoms with E-state index < -0.39 is 73.6 Å². The maximum absolute atomic E-state index is 12.7. The molecule has 0 aliphatic carbocycles. The van der Waals surface area contributed by atoms with E-state index in [0.717, 1.165) is 5.56 Å². The van der Waals surface area contributed by atoms with Crippen LogP contribution in [0.15, 0.2) is 48.8 Å². The third-order valence-electron chi connectivity index (χ3n) is 7.98. The Morgan fingerprint density at radius 2 is 1.73 bits per heavy atom. The van der Waals surface area contributed by atoms with Gasteiger partial charge in [-0.15, -0.1) is 6.58 Å². The van der Waals surface area contributed by atoms with Crippen LogP contribution >= 0.6 is 0 Å². The molecule has 0 amide bonds. The second-order valence-corrected chi connectivity index (χ2v) is 10.8. The van der Waals surface area contributed by atoms with Crippen LogP contribution in [0.1, 0.15) is 31.2 Å². The lowest BCUT2D eigenvalue weighted by molar-refractivity contribution is -0.339. The average molecular weight is 581 g/mol. The van der Waals surface area contributed by atoms with Crippen molar-refractivity contribution >= 4 is 5.97 Å². The Balaban J connectivity index is 1.47. The fraction of sp³-hybridized carbons (Fsp3) is 0.621. The van der Waals surface area contributed by atoms with Gasteiger partial charge in [-0.2, -0.15) is 0 Å². The highest BCUT2D eigenvalue weighted by Gasteiger charge is 2.48. The Bertz CT molecular complexity index is 1040. The Morgan fingerprint density at radius 3 is 2.39 bits per heavy atom. The molecule has 41 heavy (non-hydrogen) atoms. The van der Waals surface area contributed by atoms with Crippen LogP contribution in [0.3, 0.4) is 0 Å². The zero-order chi connectivity index (χ0) is 29.7. The molecule has 0 spiro atoms. The number of aliphatic hydroxyl groups is 5. The van der Waals surface area contributed by atoms with Crippen molar-refractivity contribution in [2.24, 2.45) is 11.8 Å². The van der Waals surface area contributed by atoms with Crippen molar-refractivity contribution in [3.05, 3.63) is 54.3 Å². The molecule has 228 valence electrons. The molecule has 3 heterocycles. The van der Waals surface area contributed by atoms with E-state index in [9.17, 15) is 35.4 Å². The third-order valence-corrected chi connectivity index (χ3v) is 7.98. The molecule has 1 aromatic carbocycles. The topological polar surface area (TPSA) is 185 Å². The molecule has 0 unspecified atom stereocenters. The maximum Gasteiger partial charge on any atom is 0.337 e. The summed E-state index contributed by atoms with van der Waals surface area (Å²) in [6.07, 6.45) is -4.61. The van der Waals surface area contributed by atoms with Crippen LogP contribution < -0.4 is 0 Å². The van der Waals surface area contributed by atoms with Crippen molar-refractivity contribution in [1.29, 1.82) is 0 Å². The Kier molecular flexibility index (Phi) is 10.8. The van der Waals surface area contributed by atoms with Gasteiger partial charge < -0.3 is 54.3 Å². The first-order valence-electron chi connectivity index (χ1n) is 13.8. The molecule has 4 rings (SSSR count). The lowest BCUT2D eigenvalue weighted by atomic mass is 9.78. The van der Waals surface area contributed by atoms with E-state index in [2.05, 4.69) is 6.58 Å². The normalized spacial score (nSPS) is 37.5. The van der Waals surface area contributed by atoms with Crippen LogP contribution in [-0.4, -0.2) is 106 Å². The van der Waals surface area contributed by atoms with E-state index in [1.807, 2.05) is 12.1 Å². The largest absolute Gasteiger partial charge is 0.508 e. The van der Waals surface area contributed by atoms with Gasteiger partial charge in [0.25, 0.3) is 0 Å². The number of hydrogen-bond donors (Lipinski definition) is 6. The molecule has 0 saturated carbocycles. The molecular formula is C29H40O12. The number of rotatable bonds is 10. The molecule has 12 heteroatoms. The number of aryl methyl sites for hydroxylation is 1. The van der Waals surface area contributed by atoms with Gasteiger partial charge in [-0.05, 0) is 49.8 Å². The first-order valence-corrected chi connectivity index (χ1v) is 13.8. The predicted molar refractivity (Wildman–Crippen MR) is 142 cm³/mol. The molecule has 6 N–H and O–H groups in total.